The molecular formula is C126H130. The highest BCUT2D eigenvalue weighted by atomic mass is 14.3. The number of unbranched alkanes of at least 4 members (excludes halogenated alkanes) is 6. The van der Waals surface area contributed by atoms with Gasteiger partial charge in [-0.15, -0.1) is 0 Å². The van der Waals surface area contributed by atoms with Gasteiger partial charge in [-0.05, 0) is 291 Å². The monoisotopic (exact) mass is 1640 g/mol. The van der Waals surface area contributed by atoms with Gasteiger partial charge in [-0.2, -0.15) is 0 Å². The van der Waals surface area contributed by atoms with Crippen LogP contribution in [0.2, 0.25) is 0 Å². The van der Waals surface area contributed by atoms with Crippen molar-refractivity contribution in [1.29, 1.82) is 0 Å². The molecule has 16 aromatic carbocycles. The summed E-state index contributed by atoms with van der Waals surface area (Å²) < 4.78 is 0. The van der Waals surface area contributed by atoms with E-state index in [0.29, 0.717) is 0 Å². The van der Waals surface area contributed by atoms with Crippen LogP contribution in [0, 0.1) is 55.4 Å². The lowest BCUT2D eigenvalue weighted by molar-refractivity contribution is 0.664. The van der Waals surface area contributed by atoms with Crippen molar-refractivity contribution in [3.8, 4) is 100 Å². The van der Waals surface area contributed by atoms with Crippen LogP contribution in [0.3, 0.4) is 0 Å². The fraction of sp³-hybridized carbons (Fsp3) is 0.238. The number of hydrogen-bond donors (Lipinski definition) is 0. The average Bonchev–Trinajstić information content (AvgIpc) is 0.753. The van der Waals surface area contributed by atoms with Gasteiger partial charge in [0.25, 0.3) is 0 Å². The van der Waals surface area contributed by atoms with E-state index in [1.54, 1.807) is 0 Å². The summed E-state index contributed by atoms with van der Waals surface area (Å²) in [5.41, 5.74) is 48.4. The minimum atomic E-state index is 0.0620. The van der Waals surface area contributed by atoms with Crippen molar-refractivity contribution < 1.29 is 0 Å². The molecule has 0 aliphatic heterocycles. The van der Waals surface area contributed by atoms with Crippen LogP contribution in [0.1, 0.15) is 216 Å². The first-order valence-corrected chi connectivity index (χ1v) is 47.0. The molecule has 0 heterocycles. The van der Waals surface area contributed by atoms with Crippen LogP contribution in [0.25, 0.3) is 100 Å². The fourth-order valence-corrected chi connectivity index (χ4v) is 18.0. The van der Waals surface area contributed by atoms with E-state index in [9.17, 15) is 0 Å². The summed E-state index contributed by atoms with van der Waals surface area (Å²) in [4.78, 5) is 0. The summed E-state index contributed by atoms with van der Waals surface area (Å²) in [5.74, 6) is 0.124. The van der Waals surface area contributed by atoms with Crippen molar-refractivity contribution in [2.24, 2.45) is 0 Å². The Morgan fingerprint density at radius 2 is 0.389 bits per heavy atom. The normalized spacial score (nSPS) is 11.6. The molecule has 0 aliphatic rings. The van der Waals surface area contributed by atoms with Gasteiger partial charge >= 0.3 is 0 Å². The lowest BCUT2D eigenvalue weighted by Crippen LogP contribution is -2.06. The first kappa shape index (κ1) is 89.8. The molecule has 0 aliphatic carbocycles. The van der Waals surface area contributed by atoms with Crippen molar-refractivity contribution in [3.05, 3.63) is 464 Å². The van der Waals surface area contributed by atoms with Crippen LogP contribution in [-0.2, 0) is 32.1 Å². The molecule has 0 bridgehead atoms. The molecule has 0 fully saturated rings. The van der Waals surface area contributed by atoms with E-state index in [1.165, 1.54) is 257 Å². The van der Waals surface area contributed by atoms with Gasteiger partial charge in [0.2, 0.25) is 0 Å². The van der Waals surface area contributed by atoms with Crippen LogP contribution < -0.4 is 0 Å². The third-order valence-electron chi connectivity index (χ3n) is 25.7. The molecule has 16 aromatic rings. The van der Waals surface area contributed by atoms with Crippen LogP contribution in [0.5, 0.6) is 0 Å². The lowest BCUT2D eigenvalue weighted by Gasteiger charge is -2.24. The van der Waals surface area contributed by atoms with Gasteiger partial charge < -0.3 is 0 Å². The van der Waals surface area contributed by atoms with E-state index in [4.69, 9.17) is 0 Å². The summed E-state index contributed by atoms with van der Waals surface area (Å²) in [5, 5.41) is 0. The van der Waals surface area contributed by atoms with Crippen molar-refractivity contribution in [2.75, 3.05) is 0 Å². The first-order chi connectivity index (χ1) is 61.5. The average molecular weight is 1640 g/mol. The molecule has 16 rings (SSSR count). The molecule has 0 aromatic heterocycles. The van der Waals surface area contributed by atoms with E-state index in [1.807, 2.05) is 0 Å². The second-order valence-corrected chi connectivity index (χ2v) is 35.7. The zero-order valence-electron chi connectivity index (χ0n) is 77.3. The minimum absolute atomic E-state index is 0.0620. The largest absolute Gasteiger partial charge is 0.0654 e. The number of aryl methyl sites for hydroxylation is 13. The predicted molar refractivity (Wildman–Crippen MR) is 547 cm³/mol. The lowest BCUT2D eigenvalue weighted by atomic mass is 9.80. The molecule has 0 N–H and O–H groups in total. The summed E-state index contributed by atoms with van der Waals surface area (Å²) in [6.07, 6.45) is 17.6. The number of hydrogen-bond acceptors (Lipinski definition) is 0. The molecule has 2 atom stereocenters. The van der Waals surface area contributed by atoms with Gasteiger partial charge in [0.1, 0.15) is 0 Å². The molecular weight excluding hydrogens is 1510 g/mol. The topological polar surface area (TPSA) is 0 Å². The Morgan fingerprint density at radius 1 is 0.167 bits per heavy atom. The SMILES string of the molecule is CCCCCCc1cc(-c2ccc(C(c3ccc(-c4ccc(C)cc4)cc3)c3ccc(-c4ccc(CCC)cc4)cc3)cc2C)c(CCCCCC)cc1-c1ccc(C(c2ccc(-c3ccc(C)cc3)cc2)c2ccc(-c3ccc(CCC)cc3)cc2)cc1C.CCc1ccc(C)cc1.Cc1ccc(-c2cc(-c3ccc(C)cc3)cc(-c3ccc(C)cc3)c2)cc1. The van der Waals surface area contributed by atoms with Crippen LogP contribution in [0.15, 0.2) is 358 Å². The zero-order chi connectivity index (χ0) is 87.8. The van der Waals surface area contributed by atoms with Gasteiger partial charge in [-0.3, -0.25) is 0 Å². The molecule has 0 amide bonds. The highest BCUT2D eigenvalue weighted by Gasteiger charge is 2.24. The van der Waals surface area contributed by atoms with E-state index in [2.05, 4.69) is 448 Å². The Hall–Kier alpha value is -12.5. The van der Waals surface area contributed by atoms with E-state index in [0.717, 1.165) is 44.9 Å². The Morgan fingerprint density at radius 3 is 0.627 bits per heavy atom. The van der Waals surface area contributed by atoms with Gasteiger partial charge in [-0.1, -0.05) is 459 Å². The van der Waals surface area contributed by atoms with E-state index in [-0.39, 0.29) is 11.8 Å². The highest BCUT2D eigenvalue weighted by Crippen LogP contribution is 2.44. The summed E-state index contributed by atoms with van der Waals surface area (Å²) in [6.45, 7) is 28.9. The summed E-state index contributed by atoms with van der Waals surface area (Å²) >= 11 is 0. The van der Waals surface area contributed by atoms with Crippen LogP contribution >= 0.6 is 0 Å². The Labute approximate surface area is 756 Å². The zero-order valence-corrected chi connectivity index (χ0v) is 77.3. The summed E-state index contributed by atoms with van der Waals surface area (Å²) in [7, 11) is 0. The second kappa shape index (κ2) is 43.9. The van der Waals surface area contributed by atoms with Crippen molar-refractivity contribution in [3.63, 3.8) is 0 Å². The Kier molecular flexibility index (Phi) is 31.3. The second-order valence-electron chi connectivity index (χ2n) is 35.7. The van der Waals surface area contributed by atoms with Gasteiger partial charge in [-0.25, -0.2) is 0 Å². The van der Waals surface area contributed by atoms with Crippen molar-refractivity contribution >= 4 is 0 Å². The van der Waals surface area contributed by atoms with Gasteiger partial charge in [0, 0.05) is 11.8 Å². The number of rotatable bonds is 30. The highest BCUT2D eigenvalue weighted by molar-refractivity contribution is 5.83. The quantitative estimate of drug-likeness (QED) is 0.0311. The predicted octanol–water partition coefficient (Wildman–Crippen LogP) is 35.6. The Bertz CT molecular complexity index is 5690. The smallest absolute Gasteiger partial charge is 0.0340 e. The minimum Gasteiger partial charge on any atom is -0.0654 e. The maximum atomic E-state index is 2.64. The molecule has 126 heavy (non-hydrogen) atoms. The fourth-order valence-electron chi connectivity index (χ4n) is 18.0. The van der Waals surface area contributed by atoms with E-state index < -0.39 is 0 Å². The molecule has 634 valence electrons. The third kappa shape index (κ3) is 23.4. The van der Waals surface area contributed by atoms with Crippen LogP contribution in [-0.4, -0.2) is 0 Å². The van der Waals surface area contributed by atoms with Gasteiger partial charge in [0.05, 0.1) is 0 Å². The molecule has 0 saturated heterocycles. The molecule has 0 radical (unpaired) electrons. The number of benzene rings is 16. The molecule has 0 spiro atoms. The maximum Gasteiger partial charge on any atom is 0.0340 e. The molecule has 2 unspecified atom stereocenters. The molecule has 0 saturated carbocycles. The third-order valence-corrected chi connectivity index (χ3v) is 25.7. The van der Waals surface area contributed by atoms with E-state index >= 15 is 0 Å². The maximum absolute atomic E-state index is 2.64. The molecule has 0 heteroatoms. The first-order valence-electron chi connectivity index (χ1n) is 47.0. The Balaban J connectivity index is 0.000000293. The van der Waals surface area contributed by atoms with Crippen molar-refractivity contribution in [1.82, 2.24) is 0 Å². The standard InChI is InChI=1S/C90H94.C27H24.C9H12/c1-9-13-15-17-21-81-61-88(86-58-56-84(60-66(86)8)90(78-49-41-74(42-50-78)70-33-25-64(6)26-34-70)80-53-45-76(46-54-80)72-37-29-68(20-12-4)30-38-72)82(22-18-16-14-10-2)62-87(81)85-57-55-83(59-65(85)7)89(77-47-39-73(40-48-77)69-31-23-63(5)24-32-69)79-51-43-75(44-52-79)71-35-27-67(19-11-3)28-36-71;1-19-4-10-22(11-5-19)25-16-26(23-12-6-20(2)7-13-23)18-27(17-25)24-14-8-21(3)9-15-24;1-3-9-6-4-8(2)5-7-9/h23-62,89-90H,9-22H2,1-8H3;4-18H,1-3H3;4-7H,3H2,1-2H3. The van der Waals surface area contributed by atoms with Crippen molar-refractivity contribution in [2.45, 2.75) is 198 Å². The summed E-state index contributed by atoms with van der Waals surface area (Å²) in [6, 6.07) is 136. The molecule has 0 nitrogen and oxygen atoms in total. The van der Waals surface area contributed by atoms with Gasteiger partial charge in [0.15, 0.2) is 0 Å². The van der Waals surface area contributed by atoms with Crippen LogP contribution in [0.4, 0.5) is 0 Å².